The molecule has 0 aliphatic carbocycles. The summed E-state index contributed by atoms with van der Waals surface area (Å²) >= 11 is 1.47. The third-order valence-electron chi connectivity index (χ3n) is 2.98. The van der Waals surface area contributed by atoms with Gasteiger partial charge in [-0.25, -0.2) is 0 Å². The lowest BCUT2D eigenvalue weighted by atomic mass is 10.3. The van der Waals surface area contributed by atoms with Crippen LogP contribution in [0.25, 0.3) is 0 Å². The van der Waals surface area contributed by atoms with Crippen molar-refractivity contribution in [3.8, 4) is 5.75 Å². The molecule has 0 spiro atoms. The van der Waals surface area contributed by atoms with Crippen molar-refractivity contribution in [2.45, 2.75) is 24.0 Å². The van der Waals surface area contributed by atoms with E-state index in [1.165, 1.54) is 11.8 Å². The summed E-state index contributed by atoms with van der Waals surface area (Å²) in [5, 5.41) is 2.67. The summed E-state index contributed by atoms with van der Waals surface area (Å²) in [5.41, 5.74) is 7.14. The Bertz CT molecular complexity index is 646. The van der Waals surface area contributed by atoms with Crippen molar-refractivity contribution in [3.05, 3.63) is 48.5 Å². The number of benzene rings is 2. The molecule has 116 valence electrons. The van der Waals surface area contributed by atoms with Crippen molar-refractivity contribution < 1.29 is 9.53 Å². The van der Waals surface area contributed by atoms with Gasteiger partial charge in [0.15, 0.2) is 0 Å². The maximum atomic E-state index is 12.3. The molecule has 0 aromatic heterocycles. The number of rotatable bonds is 6. The van der Waals surface area contributed by atoms with Crippen molar-refractivity contribution in [1.29, 1.82) is 0 Å². The molecule has 3 N–H and O–H groups in total. The Morgan fingerprint density at radius 1 is 1.27 bits per heavy atom. The first kappa shape index (κ1) is 16.2. The van der Waals surface area contributed by atoms with Gasteiger partial charge < -0.3 is 15.8 Å². The van der Waals surface area contributed by atoms with Crippen LogP contribution in [-0.4, -0.2) is 17.8 Å². The molecule has 0 radical (unpaired) electrons. The highest BCUT2D eigenvalue weighted by Gasteiger charge is 2.16. The highest BCUT2D eigenvalue weighted by molar-refractivity contribution is 8.00. The van der Waals surface area contributed by atoms with E-state index in [0.717, 1.165) is 4.90 Å². The molecular formula is C17H20N2O2S. The first-order valence-electron chi connectivity index (χ1n) is 7.15. The smallest absolute Gasteiger partial charge is 0.237 e. The maximum absolute atomic E-state index is 12.3. The average molecular weight is 316 g/mol. The van der Waals surface area contributed by atoms with E-state index in [1.54, 1.807) is 0 Å². The number of hydrogen-bond donors (Lipinski definition) is 2. The van der Waals surface area contributed by atoms with Crippen molar-refractivity contribution >= 4 is 29.0 Å². The summed E-state index contributed by atoms with van der Waals surface area (Å²) in [4.78, 5) is 13.3. The average Bonchev–Trinajstić information content (AvgIpc) is 2.49. The Hall–Kier alpha value is -2.14. The second-order valence-corrected chi connectivity index (χ2v) is 6.17. The van der Waals surface area contributed by atoms with Crippen LogP contribution < -0.4 is 15.8 Å². The lowest BCUT2D eigenvalue weighted by Crippen LogP contribution is -2.22. The van der Waals surface area contributed by atoms with E-state index in [1.807, 2.05) is 62.4 Å². The van der Waals surface area contributed by atoms with E-state index in [9.17, 15) is 4.79 Å². The molecule has 4 nitrogen and oxygen atoms in total. The van der Waals surface area contributed by atoms with Crippen molar-refractivity contribution in [2.24, 2.45) is 0 Å². The van der Waals surface area contributed by atoms with Crippen LogP contribution in [-0.2, 0) is 4.79 Å². The van der Waals surface area contributed by atoms with Crippen molar-refractivity contribution in [3.63, 3.8) is 0 Å². The van der Waals surface area contributed by atoms with E-state index in [0.29, 0.717) is 23.7 Å². The molecule has 1 amide bonds. The SMILES string of the molecule is CCOc1ccccc1NC(=O)C(C)Sc1cccc(N)c1. The van der Waals surface area contributed by atoms with Gasteiger partial charge in [-0.3, -0.25) is 4.79 Å². The van der Waals surface area contributed by atoms with Gasteiger partial charge in [0.2, 0.25) is 5.91 Å². The fraction of sp³-hybridized carbons (Fsp3) is 0.235. The molecular weight excluding hydrogens is 296 g/mol. The zero-order valence-electron chi connectivity index (χ0n) is 12.7. The molecule has 2 aromatic rings. The highest BCUT2D eigenvalue weighted by atomic mass is 32.2. The molecule has 0 fully saturated rings. The predicted molar refractivity (Wildman–Crippen MR) is 92.4 cm³/mol. The first-order valence-corrected chi connectivity index (χ1v) is 8.03. The van der Waals surface area contributed by atoms with Crippen LogP contribution in [0.15, 0.2) is 53.4 Å². The van der Waals surface area contributed by atoms with Gasteiger partial charge in [0.25, 0.3) is 0 Å². The standard InChI is InChI=1S/C17H20N2O2S/c1-3-21-16-10-5-4-9-15(16)19-17(20)12(2)22-14-8-6-7-13(18)11-14/h4-12H,3,18H2,1-2H3,(H,19,20). The van der Waals surface area contributed by atoms with Crippen molar-refractivity contribution in [2.75, 3.05) is 17.7 Å². The number of anilines is 2. The quantitative estimate of drug-likeness (QED) is 0.629. The Kier molecular flexibility index (Phi) is 5.72. The second kappa shape index (κ2) is 7.75. The van der Waals surface area contributed by atoms with Gasteiger partial charge in [-0.1, -0.05) is 18.2 Å². The van der Waals surface area contributed by atoms with Gasteiger partial charge in [0.05, 0.1) is 17.5 Å². The van der Waals surface area contributed by atoms with Crippen molar-refractivity contribution in [1.82, 2.24) is 0 Å². The Labute approximate surface area is 135 Å². The molecule has 2 aromatic carbocycles. The zero-order chi connectivity index (χ0) is 15.9. The van der Waals surface area contributed by atoms with Gasteiger partial charge in [-0.05, 0) is 44.2 Å². The fourth-order valence-electron chi connectivity index (χ4n) is 1.93. The van der Waals surface area contributed by atoms with Crippen LogP contribution in [0, 0.1) is 0 Å². The number of carbonyl (C=O) groups is 1. The van der Waals surface area contributed by atoms with Gasteiger partial charge in [-0.2, -0.15) is 0 Å². The summed E-state index contributed by atoms with van der Waals surface area (Å²) in [6, 6.07) is 14.9. The highest BCUT2D eigenvalue weighted by Crippen LogP contribution is 2.28. The molecule has 0 aliphatic heterocycles. The van der Waals surface area contributed by atoms with Crippen LogP contribution in [0.5, 0.6) is 5.75 Å². The number of ether oxygens (including phenoxy) is 1. The lowest BCUT2D eigenvalue weighted by molar-refractivity contribution is -0.115. The summed E-state index contributed by atoms with van der Waals surface area (Å²) < 4.78 is 5.51. The van der Waals surface area contributed by atoms with Gasteiger partial charge in [-0.15, -0.1) is 11.8 Å². The number of hydrogen-bond acceptors (Lipinski definition) is 4. The Morgan fingerprint density at radius 2 is 2.05 bits per heavy atom. The number of nitrogens with two attached hydrogens (primary N) is 1. The minimum absolute atomic E-state index is 0.0698. The number of carbonyl (C=O) groups excluding carboxylic acids is 1. The largest absolute Gasteiger partial charge is 0.492 e. The number of nitrogens with one attached hydrogen (secondary N) is 1. The molecule has 22 heavy (non-hydrogen) atoms. The molecule has 5 heteroatoms. The normalized spacial score (nSPS) is 11.7. The summed E-state index contributed by atoms with van der Waals surface area (Å²) in [6.07, 6.45) is 0. The van der Waals surface area contributed by atoms with Crippen LogP contribution in [0.2, 0.25) is 0 Å². The molecule has 0 bridgehead atoms. The zero-order valence-corrected chi connectivity index (χ0v) is 13.5. The summed E-state index contributed by atoms with van der Waals surface area (Å²) in [6.45, 7) is 4.34. The summed E-state index contributed by atoms with van der Waals surface area (Å²) in [5.74, 6) is 0.610. The summed E-state index contributed by atoms with van der Waals surface area (Å²) in [7, 11) is 0. The topological polar surface area (TPSA) is 64.3 Å². The van der Waals surface area contributed by atoms with Gasteiger partial charge in [0.1, 0.15) is 5.75 Å². The number of nitrogen functional groups attached to an aromatic ring is 1. The third-order valence-corrected chi connectivity index (χ3v) is 4.08. The van der Waals surface area contributed by atoms with Crippen LogP contribution >= 0.6 is 11.8 Å². The van der Waals surface area contributed by atoms with Crippen LogP contribution in [0.4, 0.5) is 11.4 Å². The first-order chi connectivity index (χ1) is 10.6. The molecule has 0 saturated heterocycles. The van der Waals surface area contributed by atoms with Crippen LogP contribution in [0.3, 0.4) is 0 Å². The molecule has 0 saturated carbocycles. The lowest BCUT2D eigenvalue weighted by Gasteiger charge is -2.15. The van der Waals surface area contributed by atoms with E-state index < -0.39 is 0 Å². The monoisotopic (exact) mass is 316 g/mol. The molecule has 2 rings (SSSR count). The molecule has 0 aliphatic rings. The van der Waals surface area contributed by atoms with E-state index in [-0.39, 0.29) is 11.2 Å². The molecule has 1 unspecified atom stereocenters. The number of thioether (sulfide) groups is 1. The second-order valence-electron chi connectivity index (χ2n) is 4.75. The van der Waals surface area contributed by atoms with Gasteiger partial charge in [0, 0.05) is 10.6 Å². The number of para-hydroxylation sites is 2. The third kappa shape index (κ3) is 4.43. The van der Waals surface area contributed by atoms with E-state index in [4.69, 9.17) is 10.5 Å². The maximum Gasteiger partial charge on any atom is 0.237 e. The van der Waals surface area contributed by atoms with E-state index >= 15 is 0 Å². The minimum atomic E-state index is -0.239. The Balaban J connectivity index is 2.02. The fourth-order valence-corrected chi connectivity index (χ4v) is 2.87. The van der Waals surface area contributed by atoms with Crippen LogP contribution in [0.1, 0.15) is 13.8 Å². The number of amides is 1. The Morgan fingerprint density at radius 3 is 2.77 bits per heavy atom. The van der Waals surface area contributed by atoms with Gasteiger partial charge >= 0.3 is 0 Å². The minimum Gasteiger partial charge on any atom is -0.492 e. The predicted octanol–water partition coefficient (Wildman–Crippen LogP) is 3.79. The molecule has 0 heterocycles. The van der Waals surface area contributed by atoms with E-state index in [2.05, 4.69) is 5.32 Å². The molecule has 1 atom stereocenters.